The molecule has 1 N–H and O–H groups in total. The first kappa shape index (κ1) is 10.7. The van der Waals surface area contributed by atoms with Crippen molar-refractivity contribution in [3.63, 3.8) is 0 Å². The Labute approximate surface area is 88.1 Å². The third-order valence-corrected chi connectivity index (χ3v) is 3.03. The molecule has 0 bridgehead atoms. The third-order valence-electron chi connectivity index (χ3n) is 1.81. The van der Waals surface area contributed by atoms with Gasteiger partial charge in [0.1, 0.15) is 0 Å². The van der Waals surface area contributed by atoms with Gasteiger partial charge >= 0.3 is 0 Å². The number of nitrogens with one attached hydrogen (secondary N) is 1. The lowest BCUT2D eigenvalue weighted by atomic mass is 10.1. The molecule has 5 heteroatoms. The molecule has 0 aromatic heterocycles. The molecule has 0 aliphatic heterocycles. The molecule has 1 atom stereocenters. The van der Waals surface area contributed by atoms with Gasteiger partial charge < -0.3 is 9.27 Å². The van der Waals surface area contributed by atoms with Crippen LogP contribution >= 0.6 is 15.9 Å². The zero-order valence-electron chi connectivity index (χ0n) is 7.26. The molecule has 0 radical (unpaired) electrons. The van der Waals surface area contributed by atoms with E-state index in [-0.39, 0.29) is 0 Å². The Hall–Kier alpha value is -0.390. The topological polar surface area (TPSA) is 52.2 Å². The van der Waals surface area contributed by atoms with E-state index in [4.69, 9.17) is 0 Å². The minimum Gasteiger partial charge on any atom is -0.755 e. The maximum atomic E-state index is 10.3. The fraction of sp³-hybridized carbons (Fsp3) is 0.250. The zero-order valence-corrected chi connectivity index (χ0v) is 9.66. The van der Waals surface area contributed by atoms with Crippen LogP contribution in [0.4, 0.5) is 5.69 Å². The van der Waals surface area contributed by atoms with Crippen molar-refractivity contribution in [1.82, 2.24) is 0 Å². The molecule has 0 spiro atoms. The molecular formula is C8H9BrNO2S-. The van der Waals surface area contributed by atoms with Crippen LogP contribution in [0.5, 0.6) is 0 Å². The molecule has 1 rings (SSSR count). The molecule has 0 fully saturated rings. The fourth-order valence-corrected chi connectivity index (χ4v) is 1.84. The highest BCUT2D eigenvalue weighted by atomic mass is 79.9. The highest BCUT2D eigenvalue weighted by Crippen LogP contribution is 2.24. The van der Waals surface area contributed by atoms with E-state index in [9.17, 15) is 8.76 Å². The molecule has 0 saturated carbocycles. The van der Waals surface area contributed by atoms with Crippen molar-refractivity contribution >= 4 is 32.9 Å². The zero-order chi connectivity index (χ0) is 10.0. The van der Waals surface area contributed by atoms with Crippen LogP contribution in [-0.2, 0) is 11.3 Å². The summed E-state index contributed by atoms with van der Waals surface area (Å²) in [6.07, 6.45) is 0. The van der Waals surface area contributed by atoms with E-state index in [2.05, 4.69) is 20.7 Å². The summed E-state index contributed by atoms with van der Waals surface area (Å²) in [6, 6.07) is 3.52. The number of hydrogen-bond acceptors (Lipinski definition) is 2. The predicted octanol–water partition coefficient (Wildman–Crippen LogP) is 2.27. The van der Waals surface area contributed by atoms with Crippen LogP contribution in [-0.4, -0.2) is 8.76 Å². The van der Waals surface area contributed by atoms with Crippen molar-refractivity contribution in [2.75, 3.05) is 4.72 Å². The van der Waals surface area contributed by atoms with Gasteiger partial charge in [0.2, 0.25) is 0 Å². The second kappa shape index (κ2) is 4.21. The summed E-state index contributed by atoms with van der Waals surface area (Å²) in [7, 11) is 0. The Morgan fingerprint density at radius 3 is 2.54 bits per heavy atom. The van der Waals surface area contributed by atoms with E-state index in [0.717, 1.165) is 15.6 Å². The summed E-state index contributed by atoms with van der Waals surface area (Å²) in [5, 5.41) is 0. The first-order valence-electron chi connectivity index (χ1n) is 3.63. The fourth-order valence-electron chi connectivity index (χ4n) is 0.971. The van der Waals surface area contributed by atoms with Crippen LogP contribution in [0.25, 0.3) is 0 Å². The minimum atomic E-state index is -2.26. The number of rotatable bonds is 2. The molecule has 3 nitrogen and oxygen atoms in total. The van der Waals surface area contributed by atoms with E-state index in [0.29, 0.717) is 5.69 Å². The number of aryl methyl sites for hydroxylation is 1. The molecule has 1 aromatic carbocycles. The predicted molar refractivity (Wildman–Crippen MR) is 56.2 cm³/mol. The average Bonchev–Trinajstić information content (AvgIpc) is 1.98. The highest BCUT2D eigenvalue weighted by Gasteiger charge is 2.01. The Kier molecular flexibility index (Phi) is 3.47. The largest absolute Gasteiger partial charge is 0.755 e. The summed E-state index contributed by atoms with van der Waals surface area (Å²) in [5.41, 5.74) is 2.73. The Bertz CT molecular complexity index is 331. The summed E-state index contributed by atoms with van der Waals surface area (Å²) in [6.45, 7) is 3.90. The second-order valence-electron chi connectivity index (χ2n) is 2.74. The first-order chi connectivity index (χ1) is 6.00. The van der Waals surface area contributed by atoms with Crippen LogP contribution < -0.4 is 4.72 Å². The van der Waals surface area contributed by atoms with Crippen molar-refractivity contribution < 1.29 is 8.76 Å². The first-order valence-corrected chi connectivity index (χ1v) is 5.50. The van der Waals surface area contributed by atoms with Gasteiger partial charge in [0, 0.05) is 21.4 Å². The average molecular weight is 263 g/mol. The van der Waals surface area contributed by atoms with Crippen LogP contribution in [0.2, 0.25) is 0 Å². The molecule has 0 amide bonds. The Morgan fingerprint density at radius 2 is 2.08 bits per heavy atom. The quantitative estimate of drug-likeness (QED) is 0.832. The van der Waals surface area contributed by atoms with Gasteiger partial charge in [-0.2, -0.15) is 0 Å². The second-order valence-corrected chi connectivity index (χ2v) is 4.26. The van der Waals surface area contributed by atoms with Gasteiger partial charge in [0.15, 0.2) is 0 Å². The SMILES string of the molecule is Cc1cc(NS(=O)[O-])cc(Br)c1C. The van der Waals surface area contributed by atoms with E-state index in [1.807, 2.05) is 13.8 Å². The molecule has 72 valence electrons. The summed E-state index contributed by atoms with van der Waals surface area (Å²) in [4.78, 5) is 0. The molecular weight excluding hydrogens is 254 g/mol. The molecule has 1 aromatic rings. The Morgan fingerprint density at radius 1 is 1.46 bits per heavy atom. The van der Waals surface area contributed by atoms with Gasteiger partial charge in [0.25, 0.3) is 0 Å². The summed E-state index contributed by atoms with van der Waals surface area (Å²) >= 11 is 1.09. The molecule has 13 heavy (non-hydrogen) atoms. The van der Waals surface area contributed by atoms with Crippen molar-refractivity contribution in [1.29, 1.82) is 0 Å². The summed E-state index contributed by atoms with van der Waals surface area (Å²) in [5.74, 6) is 0. The van der Waals surface area contributed by atoms with E-state index in [1.54, 1.807) is 12.1 Å². The van der Waals surface area contributed by atoms with Gasteiger partial charge in [0.05, 0.1) is 0 Å². The Balaban J connectivity index is 3.06. The van der Waals surface area contributed by atoms with Gasteiger partial charge in [-0.15, -0.1) is 0 Å². The monoisotopic (exact) mass is 262 g/mol. The molecule has 1 unspecified atom stereocenters. The van der Waals surface area contributed by atoms with Crippen molar-refractivity contribution in [2.45, 2.75) is 13.8 Å². The van der Waals surface area contributed by atoms with Crippen LogP contribution in [0.3, 0.4) is 0 Å². The normalized spacial score (nSPS) is 12.6. The van der Waals surface area contributed by atoms with Gasteiger partial charge in [-0.3, -0.25) is 4.21 Å². The van der Waals surface area contributed by atoms with E-state index in [1.165, 1.54) is 0 Å². The molecule has 0 aliphatic rings. The number of halogens is 1. The van der Waals surface area contributed by atoms with E-state index >= 15 is 0 Å². The standard InChI is InChI=1S/C8H10BrNO2S/c1-5-3-7(10-13(11)12)4-8(9)6(5)2/h3-4,10H,1-2H3,(H,11,12)/p-1. The lowest BCUT2D eigenvalue weighted by Gasteiger charge is -2.11. The minimum absolute atomic E-state index is 0.573. The molecule has 0 aliphatic carbocycles. The summed E-state index contributed by atoms with van der Waals surface area (Å²) < 4.78 is 23.9. The van der Waals surface area contributed by atoms with Gasteiger partial charge in [-0.05, 0) is 37.1 Å². The van der Waals surface area contributed by atoms with Crippen molar-refractivity contribution in [2.24, 2.45) is 0 Å². The molecule has 0 heterocycles. The van der Waals surface area contributed by atoms with Crippen molar-refractivity contribution in [3.05, 3.63) is 27.7 Å². The molecule has 0 saturated heterocycles. The van der Waals surface area contributed by atoms with Gasteiger partial charge in [-0.25, -0.2) is 0 Å². The maximum absolute atomic E-state index is 10.3. The number of anilines is 1. The van der Waals surface area contributed by atoms with Gasteiger partial charge in [-0.1, -0.05) is 15.9 Å². The van der Waals surface area contributed by atoms with Crippen LogP contribution in [0.1, 0.15) is 11.1 Å². The lowest BCUT2D eigenvalue weighted by molar-refractivity contribution is 0.542. The lowest BCUT2D eigenvalue weighted by Crippen LogP contribution is -2.02. The smallest absolute Gasteiger partial charge is 0.0466 e. The highest BCUT2D eigenvalue weighted by molar-refractivity contribution is 9.10. The van der Waals surface area contributed by atoms with E-state index < -0.39 is 11.3 Å². The number of hydrogen-bond donors (Lipinski definition) is 1. The van der Waals surface area contributed by atoms with Crippen LogP contribution in [0, 0.1) is 13.8 Å². The van der Waals surface area contributed by atoms with Crippen LogP contribution in [0.15, 0.2) is 16.6 Å². The maximum Gasteiger partial charge on any atom is 0.0466 e. The van der Waals surface area contributed by atoms with Crippen molar-refractivity contribution in [3.8, 4) is 0 Å². The third kappa shape index (κ3) is 2.79. The number of benzene rings is 1.